The molecule has 0 radical (unpaired) electrons. The van der Waals surface area contributed by atoms with E-state index in [1.807, 2.05) is 28.8 Å². The van der Waals surface area contributed by atoms with Crippen LogP contribution in [0.2, 0.25) is 5.02 Å². The van der Waals surface area contributed by atoms with Crippen molar-refractivity contribution in [3.05, 3.63) is 87.3 Å². The summed E-state index contributed by atoms with van der Waals surface area (Å²) in [4.78, 5) is 40.4. The van der Waals surface area contributed by atoms with E-state index in [1.54, 1.807) is 36.4 Å². The van der Waals surface area contributed by atoms with Crippen LogP contribution in [0, 0.1) is 5.92 Å². The molecule has 2 aliphatic heterocycles. The van der Waals surface area contributed by atoms with E-state index in [-0.39, 0.29) is 23.4 Å². The van der Waals surface area contributed by atoms with Crippen LogP contribution in [0.25, 0.3) is 0 Å². The summed E-state index contributed by atoms with van der Waals surface area (Å²) < 4.78 is 1.90. The van der Waals surface area contributed by atoms with Crippen molar-refractivity contribution in [3.8, 4) is 0 Å². The van der Waals surface area contributed by atoms with Crippen molar-refractivity contribution >= 4 is 40.6 Å². The van der Waals surface area contributed by atoms with Gasteiger partial charge >= 0.3 is 6.03 Å². The molecule has 8 nitrogen and oxygen atoms in total. The lowest BCUT2D eigenvalue weighted by molar-refractivity contribution is 0.0951. The maximum atomic E-state index is 13.0. The molecule has 37 heavy (non-hydrogen) atoms. The predicted molar refractivity (Wildman–Crippen MR) is 145 cm³/mol. The molecule has 3 aromatic rings. The highest BCUT2D eigenvalue weighted by Crippen LogP contribution is 2.39. The number of fused-ring (bicyclic) bond motifs is 4. The second kappa shape index (κ2) is 9.59. The SMILES string of the molecule is O=C(Nc1ccc(Cl)cc1)Nc1cc(C(=O)NC2CC2)ccc1N1CC2CC(C1)c1cccc(=O)n1C2. The van der Waals surface area contributed by atoms with Crippen LogP contribution in [-0.4, -0.2) is 35.6 Å². The average molecular weight is 518 g/mol. The van der Waals surface area contributed by atoms with Gasteiger partial charge in [-0.3, -0.25) is 9.59 Å². The molecular weight excluding hydrogens is 490 g/mol. The van der Waals surface area contributed by atoms with Gasteiger partial charge in [-0.1, -0.05) is 17.7 Å². The van der Waals surface area contributed by atoms with Gasteiger partial charge in [0.05, 0.1) is 11.4 Å². The number of urea groups is 1. The number of nitrogens with zero attached hydrogens (tertiary/aromatic N) is 2. The monoisotopic (exact) mass is 517 g/mol. The standard InChI is InChI=1S/C28H28ClN5O3/c29-20-5-7-22(8-6-20)31-28(37)32-23-13-18(27(36)30-21-9-10-21)4-11-25(23)33-14-17-12-19(16-33)24-2-1-3-26(35)34(24)15-17/h1-8,11,13,17,19,21H,9-10,12,14-16H2,(H,30,36)(H2,31,32,37). The van der Waals surface area contributed by atoms with Crippen molar-refractivity contribution in [2.45, 2.75) is 37.8 Å². The molecule has 0 spiro atoms. The molecule has 6 rings (SSSR count). The van der Waals surface area contributed by atoms with Gasteiger partial charge in [-0.2, -0.15) is 0 Å². The van der Waals surface area contributed by atoms with Crippen LogP contribution in [0.4, 0.5) is 21.9 Å². The minimum atomic E-state index is -0.405. The largest absolute Gasteiger partial charge is 0.369 e. The predicted octanol–water partition coefficient (Wildman–Crippen LogP) is 4.66. The van der Waals surface area contributed by atoms with E-state index in [0.29, 0.717) is 34.4 Å². The van der Waals surface area contributed by atoms with Crippen LogP contribution in [0.15, 0.2) is 65.5 Å². The van der Waals surface area contributed by atoms with E-state index < -0.39 is 6.03 Å². The number of nitrogens with one attached hydrogen (secondary N) is 3. The summed E-state index contributed by atoms with van der Waals surface area (Å²) in [6, 6.07) is 17.7. The number of anilines is 3. The highest BCUT2D eigenvalue weighted by Gasteiger charge is 2.35. The number of pyridine rings is 1. The van der Waals surface area contributed by atoms with E-state index in [2.05, 4.69) is 20.9 Å². The summed E-state index contributed by atoms with van der Waals surface area (Å²) in [5, 5.41) is 9.40. The van der Waals surface area contributed by atoms with Crippen molar-refractivity contribution in [2.24, 2.45) is 5.92 Å². The quantitative estimate of drug-likeness (QED) is 0.458. The lowest BCUT2D eigenvalue weighted by Crippen LogP contribution is -2.47. The Morgan fingerprint density at radius 2 is 1.73 bits per heavy atom. The van der Waals surface area contributed by atoms with Crippen molar-refractivity contribution in [1.82, 2.24) is 9.88 Å². The minimum absolute atomic E-state index is 0.0490. The summed E-state index contributed by atoms with van der Waals surface area (Å²) in [7, 11) is 0. The van der Waals surface area contributed by atoms with Gasteiger partial charge in [0.2, 0.25) is 0 Å². The number of benzene rings is 2. The molecule has 1 saturated carbocycles. The Bertz CT molecular complexity index is 1420. The second-order valence-corrected chi connectivity index (χ2v) is 10.6. The first-order valence-corrected chi connectivity index (χ1v) is 13.0. The fraction of sp³-hybridized carbons (Fsp3) is 0.321. The Morgan fingerprint density at radius 3 is 2.51 bits per heavy atom. The van der Waals surface area contributed by atoms with E-state index in [0.717, 1.165) is 43.7 Å². The Morgan fingerprint density at radius 1 is 0.919 bits per heavy atom. The molecule has 3 heterocycles. The molecule has 3 amide bonds. The molecule has 1 saturated heterocycles. The van der Waals surface area contributed by atoms with Gasteiger partial charge in [-0.15, -0.1) is 0 Å². The third-order valence-electron chi connectivity index (χ3n) is 7.34. The number of carbonyl (C=O) groups is 2. The molecule has 1 aromatic heterocycles. The summed E-state index contributed by atoms with van der Waals surface area (Å²) in [5.74, 6) is 0.397. The Kier molecular flexibility index (Phi) is 6.12. The van der Waals surface area contributed by atoms with Gasteiger partial charge in [0.25, 0.3) is 11.5 Å². The van der Waals surface area contributed by atoms with E-state index in [1.165, 1.54) is 0 Å². The summed E-state index contributed by atoms with van der Waals surface area (Å²) in [6.45, 7) is 2.17. The smallest absolute Gasteiger partial charge is 0.323 e. The van der Waals surface area contributed by atoms with E-state index in [9.17, 15) is 14.4 Å². The zero-order chi connectivity index (χ0) is 25.5. The highest BCUT2D eigenvalue weighted by atomic mass is 35.5. The minimum Gasteiger partial charge on any atom is -0.369 e. The molecule has 9 heteroatoms. The zero-order valence-corrected chi connectivity index (χ0v) is 21.0. The third-order valence-corrected chi connectivity index (χ3v) is 7.59. The van der Waals surface area contributed by atoms with Crippen LogP contribution in [0.1, 0.15) is 41.2 Å². The molecule has 2 atom stereocenters. The molecule has 2 unspecified atom stereocenters. The third kappa shape index (κ3) is 5.06. The number of halogens is 1. The topological polar surface area (TPSA) is 95.5 Å². The van der Waals surface area contributed by atoms with Crippen molar-refractivity contribution in [3.63, 3.8) is 0 Å². The molecule has 2 bridgehead atoms. The summed E-state index contributed by atoms with van der Waals surface area (Å²) in [6.07, 6.45) is 3.03. The average Bonchev–Trinajstić information content (AvgIpc) is 3.70. The van der Waals surface area contributed by atoms with Gasteiger partial charge in [-0.25, -0.2) is 4.79 Å². The number of hydrogen-bond donors (Lipinski definition) is 3. The van der Waals surface area contributed by atoms with E-state index in [4.69, 9.17) is 11.6 Å². The van der Waals surface area contributed by atoms with E-state index >= 15 is 0 Å². The van der Waals surface area contributed by atoms with Crippen LogP contribution in [0.5, 0.6) is 0 Å². The van der Waals surface area contributed by atoms with Crippen LogP contribution in [0.3, 0.4) is 0 Å². The van der Waals surface area contributed by atoms with Gasteiger partial charge in [-0.05, 0) is 73.7 Å². The first kappa shape index (κ1) is 23.6. The maximum absolute atomic E-state index is 13.0. The van der Waals surface area contributed by atoms with Crippen molar-refractivity contribution in [2.75, 3.05) is 28.6 Å². The van der Waals surface area contributed by atoms with Gasteiger partial charge < -0.3 is 25.4 Å². The lowest BCUT2D eigenvalue weighted by atomic mass is 9.83. The molecule has 2 aromatic carbocycles. The lowest BCUT2D eigenvalue weighted by Gasteiger charge is -2.44. The number of piperidine rings is 1. The molecule has 3 aliphatic rings. The fourth-order valence-corrected chi connectivity index (χ4v) is 5.59. The first-order valence-electron chi connectivity index (χ1n) is 12.7. The molecule has 1 aliphatic carbocycles. The molecule has 190 valence electrons. The normalized spacial score (nSPS) is 20.1. The van der Waals surface area contributed by atoms with Crippen molar-refractivity contribution < 1.29 is 9.59 Å². The van der Waals surface area contributed by atoms with Gasteiger partial charge in [0.1, 0.15) is 0 Å². The van der Waals surface area contributed by atoms with Gasteiger partial charge in [0, 0.05) is 59.6 Å². The number of amides is 3. The molecular formula is C28H28ClN5O3. The Balaban J connectivity index is 1.28. The van der Waals surface area contributed by atoms with Gasteiger partial charge in [0.15, 0.2) is 0 Å². The summed E-state index contributed by atoms with van der Waals surface area (Å²) in [5.41, 5.74) is 3.65. The first-order chi connectivity index (χ1) is 17.9. The number of carbonyl (C=O) groups excluding carboxylic acids is 2. The van der Waals surface area contributed by atoms with Crippen LogP contribution >= 0.6 is 11.6 Å². The second-order valence-electron chi connectivity index (χ2n) is 10.2. The fourth-order valence-electron chi connectivity index (χ4n) is 5.46. The van der Waals surface area contributed by atoms with Crippen molar-refractivity contribution in [1.29, 1.82) is 0 Å². The molecule has 3 N–H and O–H groups in total. The Hall–Kier alpha value is -3.78. The van der Waals surface area contributed by atoms with Crippen LogP contribution in [-0.2, 0) is 6.54 Å². The Labute approximate surface area is 219 Å². The molecule has 2 fully saturated rings. The maximum Gasteiger partial charge on any atom is 0.323 e. The highest BCUT2D eigenvalue weighted by molar-refractivity contribution is 6.30. The summed E-state index contributed by atoms with van der Waals surface area (Å²) >= 11 is 5.96. The zero-order valence-electron chi connectivity index (χ0n) is 20.2. The number of rotatable bonds is 5. The number of hydrogen-bond acceptors (Lipinski definition) is 4. The number of aromatic nitrogens is 1. The van der Waals surface area contributed by atoms with Crippen LogP contribution < -0.4 is 26.4 Å².